The van der Waals surface area contributed by atoms with E-state index in [-0.39, 0.29) is 5.41 Å². The minimum absolute atomic E-state index is 0.373. The van der Waals surface area contributed by atoms with Gasteiger partial charge < -0.3 is 10.2 Å². The fourth-order valence-electron chi connectivity index (χ4n) is 1.37. The SMILES string of the molecule is CC(C)(C)[C@](C)(O)[C@H](O)c1ccccc1. The van der Waals surface area contributed by atoms with Gasteiger partial charge in [0.25, 0.3) is 0 Å². The lowest BCUT2D eigenvalue weighted by atomic mass is 9.72. The van der Waals surface area contributed by atoms with Gasteiger partial charge in [0.2, 0.25) is 0 Å². The number of benzene rings is 1. The standard InChI is InChI=1S/C13H20O2/c1-12(2,3)13(4,15)11(14)10-8-6-5-7-9-10/h5-9,11,14-15H,1-4H3/t11-,13-/m1/s1. The van der Waals surface area contributed by atoms with Gasteiger partial charge in [0.15, 0.2) is 0 Å². The molecule has 0 saturated heterocycles. The van der Waals surface area contributed by atoms with E-state index in [4.69, 9.17) is 0 Å². The van der Waals surface area contributed by atoms with Crippen LogP contribution < -0.4 is 0 Å². The lowest BCUT2D eigenvalue weighted by molar-refractivity contribution is -0.131. The Balaban J connectivity index is 3.00. The predicted octanol–water partition coefficient (Wildman–Crippen LogP) is 2.52. The van der Waals surface area contributed by atoms with Gasteiger partial charge in [-0.15, -0.1) is 0 Å². The van der Waals surface area contributed by atoms with Gasteiger partial charge in [0.05, 0.1) is 5.60 Å². The number of hydrogen-bond donors (Lipinski definition) is 2. The summed E-state index contributed by atoms with van der Waals surface area (Å²) in [4.78, 5) is 0. The first-order valence-electron chi connectivity index (χ1n) is 5.22. The summed E-state index contributed by atoms with van der Waals surface area (Å²) in [6.07, 6.45) is -0.862. The number of aliphatic hydroxyl groups excluding tert-OH is 1. The molecule has 0 fully saturated rings. The highest BCUT2D eigenvalue weighted by Crippen LogP contribution is 2.39. The molecule has 0 amide bonds. The van der Waals surface area contributed by atoms with Gasteiger partial charge in [0.1, 0.15) is 6.10 Å². The summed E-state index contributed by atoms with van der Waals surface area (Å²) in [7, 11) is 0. The number of hydrogen-bond acceptors (Lipinski definition) is 2. The highest BCUT2D eigenvalue weighted by Gasteiger charge is 2.42. The van der Waals surface area contributed by atoms with Gasteiger partial charge in [0, 0.05) is 0 Å². The first kappa shape index (κ1) is 12.2. The lowest BCUT2D eigenvalue weighted by Crippen LogP contribution is -2.45. The zero-order valence-corrected chi connectivity index (χ0v) is 9.86. The Labute approximate surface area is 91.6 Å². The molecule has 0 aliphatic carbocycles. The van der Waals surface area contributed by atoms with Crippen molar-refractivity contribution < 1.29 is 10.2 Å². The molecule has 0 aromatic heterocycles. The molecule has 2 heteroatoms. The maximum Gasteiger partial charge on any atom is 0.108 e. The number of rotatable bonds is 2. The second-order valence-electron chi connectivity index (χ2n) is 5.21. The molecule has 0 spiro atoms. The van der Waals surface area contributed by atoms with E-state index in [1.165, 1.54) is 0 Å². The van der Waals surface area contributed by atoms with Crippen LogP contribution in [0.3, 0.4) is 0 Å². The summed E-state index contributed by atoms with van der Waals surface area (Å²) in [5.41, 5.74) is -0.770. The average molecular weight is 208 g/mol. The fraction of sp³-hybridized carbons (Fsp3) is 0.538. The molecule has 15 heavy (non-hydrogen) atoms. The van der Waals surface area contributed by atoms with Crippen LogP contribution in [-0.4, -0.2) is 15.8 Å². The molecule has 2 atom stereocenters. The summed E-state index contributed by atoms with van der Waals surface area (Å²) >= 11 is 0. The van der Waals surface area contributed by atoms with E-state index in [0.717, 1.165) is 5.56 Å². The van der Waals surface area contributed by atoms with E-state index < -0.39 is 11.7 Å². The minimum Gasteiger partial charge on any atom is -0.387 e. The van der Waals surface area contributed by atoms with Gasteiger partial charge in [-0.3, -0.25) is 0 Å². The van der Waals surface area contributed by atoms with Crippen molar-refractivity contribution in [1.29, 1.82) is 0 Å². The molecule has 0 radical (unpaired) electrons. The molecule has 0 bridgehead atoms. The van der Waals surface area contributed by atoms with Gasteiger partial charge in [-0.1, -0.05) is 51.1 Å². The molecule has 2 nitrogen and oxygen atoms in total. The second kappa shape index (κ2) is 3.95. The van der Waals surface area contributed by atoms with Crippen LogP contribution in [0.5, 0.6) is 0 Å². The Morgan fingerprint density at radius 3 is 1.87 bits per heavy atom. The van der Waals surface area contributed by atoms with Crippen LogP contribution in [0.1, 0.15) is 39.4 Å². The van der Waals surface area contributed by atoms with Crippen molar-refractivity contribution in [3.63, 3.8) is 0 Å². The topological polar surface area (TPSA) is 40.5 Å². The fourth-order valence-corrected chi connectivity index (χ4v) is 1.37. The largest absolute Gasteiger partial charge is 0.387 e. The maximum absolute atomic E-state index is 10.3. The molecule has 0 heterocycles. The Morgan fingerprint density at radius 1 is 1.00 bits per heavy atom. The Hall–Kier alpha value is -0.860. The van der Waals surface area contributed by atoms with Gasteiger partial charge >= 0.3 is 0 Å². The van der Waals surface area contributed by atoms with Crippen molar-refractivity contribution in [2.45, 2.75) is 39.4 Å². The van der Waals surface area contributed by atoms with Crippen LogP contribution in [-0.2, 0) is 0 Å². The molecule has 0 unspecified atom stereocenters. The zero-order valence-electron chi connectivity index (χ0n) is 9.86. The third kappa shape index (κ3) is 2.39. The third-order valence-electron chi connectivity index (χ3n) is 3.17. The van der Waals surface area contributed by atoms with E-state index in [0.29, 0.717) is 0 Å². The first-order chi connectivity index (χ1) is 6.77. The zero-order chi connectivity index (χ0) is 11.7. The third-order valence-corrected chi connectivity index (χ3v) is 3.17. The van der Waals surface area contributed by atoms with E-state index >= 15 is 0 Å². The molecular weight excluding hydrogens is 188 g/mol. The van der Waals surface area contributed by atoms with Crippen LogP contribution in [0.25, 0.3) is 0 Å². The summed E-state index contributed by atoms with van der Waals surface area (Å²) in [6.45, 7) is 7.42. The van der Waals surface area contributed by atoms with E-state index in [1.54, 1.807) is 6.92 Å². The second-order valence-corrected chi connectivity index (χ2v) is 5.21. The van der Waals surface area contributed by atoms with Crippen LogP contribution in [0.4, 0.5) is 0 Å². The normalized spacial score (nSPS) is 18.3. The smallest absolute Gasteiger partial charge is 0.108 e. The van der Waals surface area contributed by atoms with E-state index in [9.17, 15) is 10.2 Å². The first-order valence-corrected chi connectivity index (χ1v) is 5.22. The van der Waals surface area contributed by atoms with Crippen LogP contribution in [0.2, 0.25) is 0 Å². The van der Waals surface area contributed by atoms with Crippen molar-refractivity contribution >= 4 is 0 Å². The number of aliphatic hydroxyl groups is 2. The van der Waals surface area contributed by atoms with Gasteiger partial charge in [-0.25, -0.2) is 0 Å². The summed E-state index contributed by atoms with van der Waals surface area (Å²) in [5, 5.41) is 20.5. The molecule has 1 aromatic carbocycles. The van der Waals surface area contributed by atoms with Crippen LogP contribution in [0, 0.1) is 5.41 Å². The Morgan fingerprint density at radius 2 is 1.47 bits per heavy atom. The molecule has 0 aliphatic rings. The molecule has 0 aliphatic heterocycles. The van der Waals surface area contributed by atoms with E-state index in [1.807, 2.05) is 51.1 Å². The minimum atomic E-state index is -1.14. The van der Waals surface area contributed by atoms with Crippen molar-refractivity contribution in [3.05, 3.63) is 35.9 Å². The summed E-state index contributed by atoms with van der Waals surface area (Å²) in [5.74, 6) is 0. The predicted molar refractivity (Wildman–Crippen MR) is 61.5 cm³/mol. The molecule has 0 saturated carbocycles. The monoisotopic (exact) mass is 208 g/mol. The van der Waals surface area contributed by atoms with Crippen LogP contribution >= 0.6 is 0 Å². The highest BCUT2D eigenvalue weighted by molar-refractivity contribution is 5.21. The van der Waals surface area contributed by atoms with Crippen molar-refractivity contribution in [3.8, 4) is 0 Å². The maximum atomic E-state index is 10.3. The van der Waals surface area contributed by atoms with E-state index in [2.05, 4.69) is 0 Å². The Kier molecular flexibility index (Phi) is 3.22. The summed E-state index contributed by atoms with van der Waals surface area (Å²) < 4.78 is 0. The molecule has 1 rings (SSSR count). The van der Waals surface area contributed by atoms with Gasteiger partial charge in [-0.2, -0.15) is 0 Å². The molecule has 2 N–H and O–H groups in total. The lowest BCUT2D eigenvalue weighted by Gasteiger charge is -2.41. The van der Waals surface area contributed by atoms with Crippen LogP contribution in [0.15, 0.2) is 30.3 Å². The molecular formula is C13H20O2. The van der Waals surface area contributed by atoms with Gasteiger partial charge in [-0.05, 0) is 17.9 Å². The average Bonchev–Trinajstić information content (AvgIpc) is 2.16. The van der Waals surface area contributed by atoms with Crippen molar-refractivity contribution in [2.24, 2.45) is 5.41 Å². The molecule has 84 valence electrons. The quantitative estimate of drug-likeness (QED) is 0.784. The molecule has 1 aromatic rings. The van der Waals surface area contributed by atoms with Crippen molar-refractivity contribution in [2.75, 3.05) is 0 Å². The highest BCUT2D eigenvalue weighted by atomic mass is 16.3. The summed E-state index contributed by atoms with van der Waals surface area (Å²) in [6, 6.07) is 9.26. The van der Waals surface area contributed by atoms with Crippen molar-refractivity contribution in [1.82, 2.24) is 0 Å². The Bertz CT molecular complexity index is 309.